The van der Waals surface area contributed by atoms with Crippen LogP contribution >= 0.6 is 23.2 Å². The number of hydrogen-bond acceptors (Lipinski definition) is 4. The van der Waals surface area contributed by atoms with E-state index in [1.165, 1.54) is 10.6 Å². The van der Waals surface area contributed by atoms with Gasteiger partial charge in [0.2, 0.25) is 0 Å². The van der Waals surface area contributed by atoms with Gasteiger partial charge in [0.15, 0.2) is 15.5 Å². The summed E-state index contributed by atoms with van der Waals surface area (Å²) in [6.45, 7) is 0. The summed E-state index contributed by atoms with van der Waals surface area (Å²) in [4.78, 5) is 4.11. The van der Waals surface area contributed by atoms with Crippen LogP contribution in [0.3, 0.4) is 0 Å². The summed E-state index contributed by atoms with van der Waals surface area (Å²) in [5, 5.41) is 9.64. The number of halogens is 4. The number of benzene rings is 3. The molecular weight excluding hydrogens is 493 g/mol. The fourth-order valence-corrected chi connectivity index (χ4v) is 4.58. The van der Waals surface area contributed by atoms with Crippen molar-refractivity contribution in [3.63, 3.8) is 0 Å². The fourth-order valence-electron chi connectivity index (χ4n) is 3.34. The lowest BCUT2D eigenvalue weighted by Crippen LogP contribution is -2.11. The van der Waals surface area contributed by atoms with Gasteiger partial charge in [0.05, 0.1) is 20.6 Å². The number of imidazole rings is 1. The van der Waals surface area contributed by atoms with Crippen molar-refractivity contribution in [2.24, 2.45) is 0 Å². The third-order valence-electron chi connectivity index (χ3n) is 4.93. The van der Waals surface area contributed by atoms with Crippen molar-refractivity contribution in [1.29, 1.82) is 0 Å². The molecule has 3 aromatic carbocycles. The molecule has 0 unspecified atom stereocenters. The highest BCUT2D eigenvalue weighted by Crippen LogP contribution is 2.36. The molecule has 0 saturated heterocycles. The molecule has 0 spiro atoms. The van der Waals surface area contributed by atoms with E-state index in [0.717, 1.165) is 12.5 Å². The van der Waals surface area contributed by atoms with E-state index in [0.29, 0.717) is 16.7 Å². The Balaban J connectivity index is 1.83. The van der Waals surface area contributed by atoms with E-state index in [1.807, 2.05) is 0 Å². The predicted octanol–water partition coefficient (Wildman–Crippen LogP) is 5.96. The minimum Gasteiger partial charge on any atom is -0.331 e. The van der Waals surface area contributed by atoms with Gasteiger partial charge in [0, 0.05) is 18.0 Å². The average Bonchev–Trinajstić information content (AvgIpc) is 3.19. The van der Waals surface area contributed by atoms with E-state index < -0.39 is 21.6 Å². The molecule has 0 aliphatic heterocycles. The second-order valence-corrected chi connectivity index (χ2v) is 10.1. The van der Waals surface area contributed by atoms with E-state index in [2.05, 4.69) is 4.98 Å². The van der Waals surface area contributed by atoms with Gasteiger partial charge < -0.3 is 5.11 Å². The van der Waals surface area contributed by atoms with Gasteiger partial charge >= 0.3 is 6.11 Å². The first-order valence-electron chi connectivity index (χ1n) is 9.50. The van der Waals surface area contributed by atoms with E-state index in [1.54, 1.807) is 60.7 Å². The Morgan fingerprint density at radius 1 is 0.909 bits per heavy atom. The van der Waals surface area contributed by atoms with Crippen molar-refractivity contribution in [2.45, 2.75) is 11.0 Å². The molecule has 1 heterocycles. The van der Waals surface area contributed by atoms with Gasteiger partial charge in [-0.05, 0) is 35.4 Å². The molecule has 5 nitrogen and oxygen atoms in total. The zero-order valence-corrected chi connectivity index (χ0v) is 19.3. The van der Waals surface area contributed by atoms with Crippen LogP contribution in [0, 0.1) is 0 Å². The standard InChI is InChI=1S/C23H16Cl2F2N2O3S/c1-33(31,32)17-5-2-4-16(12-17)14-8-10-15(11-9-14)22-28-20(23(26,27)30)13-29(22)21-18(24)6-3-7-19(21)25/h2-13,30H,1H3. The Morgan fingerprint density at radius 2 is 1.48 bits per heavy atom. The molecule has 0 aliphatic rings. The summed E-state index contributed by atoms with van der Waals surface area (Å²) in [6, 6.07) is 17.9. The van der Waals surface area contributed by atoms with Crippen LogP contribution in [0.4, 0.5) is 8.78 Å². The number of alkyl halides is 2. The van der Waals surface area contributed by atoms with Crippen molar-refractivity contribution >= 4 is 33.0 Å². The van der Waals surface area contributed by atoms with Crippen molar-refractivity contribution < 1.29 is 22.3 Å². The Kier molecular flexibility index (Phi) is 6.05. The highest BCUT2D eigenvalue weighted by atomic mass is 35.5. The minimum atomic E-state index is -4.17. The number of hydrogen-bond donors (Lipinski definition) is 1. The number of para-hydroxylation sites is 1. The minimum absolute atomic E-state index is 0.0881. The third-order valence-corrected chi connectivity index (χ3v) is 6.65. The van der Waals surface area contributed by atoms with E-state index in [9.17, 15) is 22.3 Å². The van der Waals surface area contributed by atoms with Gasteiger partial charge in [-0.3, -0.25) is 4.57 Å². The fraction of sp³-hybridized carbons (Fsp3) is 0.0870. The maximum absolute atomic E-state index is 13.7. The lowest BCUT2D eigenvalue weighted by Gasteiger charge is -2.12. The molecule has 0 aliphatic carbocycles. The maximum atomic E-state index is 13.7. The Bertz CT molecular complexity index is 1430. The number of sulfone groups is 1. The molecular formula is C23H16Cl2F2N2O3S. The largest absolute Gasteiger partial charge is 0.399 e. The van der Waals surface area contributed by atoms with Gasteiger partial charge in [0.1, 0.15) is 5.82 Å². The molecule has 10 heteroatoms. The Hall–Kier alpha value is -2.78. The molecule has 4 aromatic rings. The summed E-state index contributed by atoms with van der Waals surface area (Å²) >= 11 is 12.5. The molecule has 170 valence electrons. The van der Waals surface area contributed by atoms with Crippen molar-refractivity contribution in [3.8, 4) is 28.2 Å². The monoisotopic (exact) mass is 508 g/mol. The SMILES string of the molecule is CS(=O)(=O)c1cccc(-c2ccc(-c3nc(C(O)(F)F)cn3-c3c(Cl)cccc3Cl)cc2)c1. The zero-order chi connectivity index (χ0) is 24.0. The molecule has 4 rings (SSSR count). The number of rotatable bonds is 5. The number of aliphatic hydroxyl groups is 1. The van der Waals surface area contributed by atoms with Crippen LogP contribution in [0.5, 0.6) is 0 Å². The van der Waals surface area contributed by atoms with Crippen LogP contribution in [0.2, 0.25) is 10.0 Å². The Morgan fingerprint density at radius 3 is 2.06 bits per heavy atom. The zero-order valence-electron chi connectivity index (χ0n) is 17.0. The average molecular weight is 509 g/mol. The number of aromatic nitrogens is 2. The highest BCUT2D eigenvalue weighted by Gasteiger charge is 2.33. The van der Waals surface area contributed by atoms with Crippen molar-refractivity contribution in [1.82, 2.24) is 9.55 Å². The van der Waals surface area contributed by atoms with Crippen LogP contribution in [0.15, 0.2) is 77.8 Å². The molecule has 33 heavy (non-hydrogen) atoms. The Labute approximate surface area is 198 Å². The molecule has 1 N–H and O–H groups in total. The van der Waals surface area contributed by atoms with Gasteiger partial charge in [-0.15, -0.1) is 0 Å². The molecule has 0 amide bonds. The lowest BCUT2D eigenvalue weighted by molar-refractivity contribution is -0.211. The summed E-state index contributed by atoms with van der Waals surface area (Å²) in [6.07, 6.45) is -2.06. The normalized spacial score (nSPS) is 12.2. The third kappa shape index (κ3) is 4.79. The van der Waals surface area contributed by atoms with E-state index >= 15 is 0 Å². The molecule has 0 bridgehead atoms. The van der Waals surface area contributed by atoms with Gasteiger partial charge in [-0.1, -0.05) is 65.7 Å². The molecule has 0 saturated carbocycles. The second kappa shape index (κ2) is 8.53. The quantitative estimate of drug-likeness (QED) is 0.361. The number of nitrogens with zero attached hydrogens (tertiary/aromatic N) is 2. The summed E-state index contributed by atoms with van der Waals surface area (Å²) in [7, 11) is -3.37. The first kappa shape index (κ1) is 23.4. The molecule has 0 atom stereocenters. The van der Waals surface area contributed by atoms with Crippen LogP contribution in [-0.4, -0.2) is 29.3 Å². The van der Waals surface area contributed by atoms with Crippen LogP contribution in [-0.2, 0) is 15.9 Å². The molecule has 1 aromatic heterocycles. The predicted molar refractivity (Wildman–Crippen MR) is 124 cm³/mol. The lowest BCUT2D eigenvalue weighted by atomic mass is 10.0. The summed E-state index contributed by atoms with van der Waals surface area (Å²) in [5.74, 6) is 0.0881. The van der Waals surface area contributed by atoms with E-state index in [4.69, 9.17) is 23.2 Å². The van der Waals surface area contributed by atoms with Gasteiger partial charge in [-0.25, -0.2) is 13.4 Å². The first-order valence-corrected chi connectivity index (χ1v) is 12.2. The topological polar surface area (TPSA) is 72.2 Å². The summed E-state index contributed by atoms with van der Waals surface area (Å²) in [5.41, 5.74) is 1.21. The maximum Gasteiger partial charge on any atom is 0.399 e. The van der Waals surface area contributed by atoms with Crippen LogP contribution < -0.4 is 0 Å². The van der Waals surface area contributed by atoms with Crippen molar-refractivity contribution in [2.75, 3.05) is 6.26 Å². The van der Waals surface area contributed by atoms with Gasteiger partial charge in [-0.2, -0.15) is 8.78 Å². The molecule has 0 fully saturated rings. The smallest absolute Gasteiger partial charge is 0.331 e. The summed E-state index contributed by atoms with van der Waals surface area (Å²) < 4.78 is 52.3. The first-order chi connectivity index (χ1) is 15.4. The highest BCUT2D eigenvalue weighted by molar-refractivity contribution is 7.90. The van der Waals surface area contributed by atoms with Crippen LogP contribution in [0.1, 0.15) is 5.69 Å². The van der Waals surface area contributed by atoms with Gasteiger partial charge in [0.25, 0.3) is 0 Å². The second-order valence-electron chi connectivity index (χ2n) is 7.31. The molecule has 0 radical (unpaired) electrons. The van der Waals surface area contributed by atoms with Crippen molar-refractivity contribution in [3.05, 3.63) is 88.7 Å². The van der Waals surface area contributed by atoms with Crippen LogP contribution in [0.25, 0.3) is 28.2 Å². The van der Waals surface area contributed by atoms with E-state index in [-0.39, 0.29) is 26.5 Å².